The maximum Gasteiger partial charge on any atom is 0.142 e. The van der Waals surface area contributed by atoms with Crippen LogP contribution in [0.1, 0.15) is 62.6 Å². The molecule has 1 saturated heterocycles. The topological polar surface area (TPSA) is 52.0 Å². The monoisotopic (exact) mass is 474 g/mol. The molecule has 1 aromatic heterocycles. The Balaban J connectivity index is 1.48. The predicted molar refractivity (Wildman–Crippen MR) is 136 cm³/mol. The summed E-state index contributed by atoms with van der Waals surface area (Å²) in [4.78, 5) is 6.38. The Kier molecular flexibility index (Phi) is 5.72. The molecule has 3 heterocycles. The molecule has 6 heteroatoms. The van der Waals surface area contributed by atoms with Crippen molar-refractivity contribution in [1.82, 2.24) is 15.2 Å². The molecule has 34 heavy (non-hydrogen) atoms. The molecule has 2 unspecified atom stereocenters. The Morgan fingerprint density at radius 3 is 2.62 bits per heavy atom. The molecular formula is C28H31FN4S. The fourth-order valence-corrected chi connectivity index (χ4v) is 7.08. The fourth-order valence-electron chi connectivity index (χ4n) is 5.75. The molecule has 5 rings (SSSR count). The molecule has 2 aliphatic heterocycles. The lowest BCUT2D eigenvalue weighted by Crippen LogP contribution is -2.65. The number of hydrogen-bond acceptors (Lipinski definition) is 5. The SMILES string of the molecule is C/C=C1/N[C@](C)(C2CC(c3cncc(F)c3)=CS2)[C@H](c2ccc(C3(C#N)CC3)cc2)C(C)N1C. The van der Waals surface area contributed by atoms with Gasteiger partial charge in [-0.1, -0.05) is 24.3 Å². The van der Waals surface area contributed by atoms with Crippen molar-refractivity contribution < 1.29 is 4.39 Å². The molecule has 0 spiro atoms. The number of nitrogens with one attached hydrogen (secondary N) is 1. The van der Waals surface area contributed by atoms with E-state index in [-0.39, 0.29) is 34.0 Å². The van der Waals surface area contributed by atoms with Crippen LogP contribution in [0, 0.1) is 17.1 Å². The zero-order valence-electron chi connectivity index (χ0n) is 20.2. The summed E-state index contributed by atoms with van der Waals surface area (Å²) >= 11 is 1.83. The van der Waals surface area contributed by atoms with E-state index >= 15 is 0 Å². The average molecular weight is 475 g/mol. The standard InChI is InChI=1S/C28H31FN4S/c1-5-25-32-27(3,24-13-21(16-34-24)20-12-23(29)15-31-14-20)26(18(2)33(25)4)19-6-8-22(9-7-19)28(17-30)10-11-28/h5-9,12,14-16,18,24,26,32H,10-11,13H2,1-4H3/b25-5-/t18?,24?,26-,27+/m0/s1. The third kappa shape index (κ3) is 3.71. The highest BCUT2D eigenvalue weighted by molar-refractivity contribution is 8.03. The first-order valence-electron chi connectivity index (χ1n) is 12.0. The van der Waals surface area contributed by atoms with Crippen LogP contribution in [0.4, 0.5) is 4.39 Å². The van der Waals surface area contributed by atoms with Crippen molar-refractivity contribution in [3.05, 3.63) is 82.5 Å². The number of aromatic nitrogens is 1. The van der Waals surface area contributed by atoms with E-state index in [1.54, 1.807) is 12.3 Å². The highest BCUT2D eigenvalue weighted by atomic mass is 32.2. The molecule has 2 fully saturated rings. The third-order valence-corrected chi connectivity index (χ3v) is 9.51. The molecule has 0 amide bonds. The summed E-state index contributed by atoms with van der Waals surface area (Å²) in [5.74, 6) is 1.05. The van der Waals surface area contributed by atoms with Crippen LogP contribution in [0.5, 0.6) is 0 Å². The van der Waals surface area contributed by atoms with E-state index in [4.69, 9.17) is 0 Å². The van der Waals surface area contributed by atoms with Crippen molar-refractivity contribution in [1.29, 1.82) is 5.26 Å². The molecular weight excluding hydrogens is 443 g/mol. The number of pyridine rings is 1. The van der Waals surface area contributed by atoms with Gasteiger partial charge in [-0.15, -0.1) is 11.8 Å². The van der Waals surface area contributed by atoms with Gasteiger partial charge in [0.15, 0.2) is 0 Å². The number of nitriles is 1. The van der Waals surface area contributed by atoms with E-state index in [1.165, 1.54) is 11.8 Å². The van der Waals surface area contributed by atoms with Gasteiger partial charge in [-0.05, 0) is 79.8 Å². The number of thioether (sulfide) groups is 1. The maximum atomic E-state index is 13.8. The van der Waals surface area contributed by atoms with Gasteiger partial charge >= 0.3 is 0 Å². The highest BCUT2D eigenvalue weighted by Gasteiger charge is 2.51. The molecule has 1 aromatic carbocycles. The molecule has 1 N–H and O–H groups in total. The molecule has 0 radical (unpaired) electrons. The van der Waals surface area contributed by atoms with E-state index in [0.29, 0.717) is 0 Å². The summed E-state index contributed by atoms with van der Waals surface area (Å²) in [5, 5.41) is 16.0. The summed E-state index contributed by atoms with van der Waals surface area (Å²) in [6.07, 6.45) is 7.90. The van der Waals surface area contributed by atoms with E-state index < -0.39 is 0 Å². The Morgan fingerprint density at radius 1 is 1.26 bits per heavy atom. The minimum Gasteiger partial charge on any atom is -0.365 e. The highest BCUT2D eigenvalue weighted by Crippen LogP contribution is 2.51. The van der Waals surface area contributed by atoms with Crippen molar-refractivity contribution in [2.45, 2.75) is 68.2 Å². The van der Waals surface area contributed by atoms with Gasteiger partial charge in [0, 0.05) is 30.5 Å². The van der Waals surface area contributed by atoms with E-state index in [9.17, 15) is 9.65 Å². The number of hydrogen-bond donors (Lipinski definition) is 1. The quantitative estimate of drug-likeness (QED) is 0.593. The van der Waals surface area contributed by atoms with Crippen LogP contribution in [0.3, 0.4) is 0 Å². The van der Waals surface area contributed by atoms with E-state index in [1.807, 2.05) is 11.8 Å². The van der Waals surface area contributed by atoms with Crippen LogP contribution in [0.2, 0.25) is 0 Å². The molecule has 4 nitrogen and oxygen atoms in total. The molecule has 3 aliphatic rings. The van der Waals surface area contributed by atoms with E-state index in [0.717, 1.165) is 41.8 Å². The van der Waals surface area contributed by atoms with Crippen LogP contribution in [-0.4, -0.2) is 33.8 Å². The summed E-state index contributed by atoms with van der Waals surface area (Å²) in [7, 11) is 2.15. The number of benzene rings is 1. The van der Waals surface area contributed by atoms with Crippen molar-refractivity contribution in [2.75, 3.05) is 7.05 Å². The number of likely N-dealkylation sites (N-methyl/N-ethyl adjacent to an activating group) is 1. The smallest absolute Gasteiger partial charge is 0.142 e. The number of nitrogens with zero attached hydrogens (tertiary/aromatic N) is 3. The van der Waals surface area contributed by atoms with Crippen LogP contribution in [-0.2, 0) is 5.41 Å². The lowest BCUT2D eigenvalue weighted by Gasteiger charge is -2.54. The summed E-state index contributed by atoms with van der Waals surface area (Å²) in [5.41, 5.74) is 3.91. The van der Waals surface area contributed by atoms with Crippen LogP contribution in [0.15, 0.2) is 60.0 Å². The van der Waals surface area contributed by atoms with E-state index in [2.05, 4.69) is 84.8 Å². The summed E-state index contributed by atoms with van der Waals surface area (Å²) in [6, 6.07) is 13.1. The number of rotatable bonds is 4. The number of allylic oxidation sites excluding steroid dienone is 2. The zero-order valence-corrected chi connectivity index (χ0v) is 21.0. The molecule has 176 valence electrons. The second-order valence-corrected chi connectivity index (χ2v) is 11.2. The third-order valence-electron chi connectivity index (χ3n) is 8.10. The Morgan fingerprint density at radius 2 is 2.00 bits per heavy atom. The van der Waals surface area contributed by atoms with Gasteiger partial charge in [0.2, 0.25) is 0 Å². The van der Waals surface area contributed by atoms with Crippen molar-refractivity contribution in [3.63, 3.8) is 0 Å². The van der Waals surface area contributed by atoms with Gasteiger partial charge in [0.1, 0.15) is 5.82 Å². The minimum atomic E-state index is -0.302. The van der Waals surface area contributed by atoms with Crippen LogP contribution < -0.4 is 5.32 Å². The van der Waals surface area contributed by atoms with Gasteiger partial charge in [0.25, 0.3) is 0 Å². The van der Waals surface area contributed by atoms with Crippen molar-refractivity contribution in [3.8, 4) is 6.07 Å². The zero-order chi connectivity index (χ0) is 24.1. The molecule has 1 aliphatic carbocycles. The van der Waals surface area contributed by atoms with Gasteiger partial charge < -0.3 is 10.2 Å². The fraction of sp³-hybridized carbons (Fsp3) is 0.429. The van der Waals surface area contributed by atoms with Gasteiger partial charge in [-0.3, -0.25) is 4.98 Å². The second-order valence-electron chi connectivity index (χ2n) is 10.1. The molecule has 4 atom stereocenters. The van der Waals surface area contributed by atoms with Crippen molar-refractivity contribution in [2.24, 2.45) is 0 Å². The Hall–Kier alpha value is -2.78. The first-order valence-corrected chi connectivity index (χ1v) is 12.9. The lowest BCUT2D eigenvalue weighted by atomic mass is 9.70. The normalized spacial score (nSPS) is 31.1. The molecule has 1 saturated carbocycles. The predicted octanol–water partition coefficient (Wildman–Crippen LogP) is 5.95. The Bertz CT molecular complexity index is 1190. The van der Waals surface area contributed by atoms with Crippen LogP contribution in [0.25, 0.3) is 5.57 Å². The minimum absolute atomic E-state index is 0.225. The first kappa shape index (κ1) is 23.0. The molecule has 2 aromatic rings. The van der Waals surface area contributed by atoms with Gasteiger partial charge in [-0.2, -0.15) is 5.26 Å². The average Bonchev–Trinajstić information content (AvgIpc) is 3.48. The van der Waals surface area contributed by atoms with Gasteiger partial charge in [0.05, 0.1) is 29.0 Å². The lowest BCUT2D eigenvalue weighted by molar-refractivity contribution is 0.121. The summed E-state index contributed by atoms with van der Waals surface area (Å²) < 4.78 is 13.8. The Labute approximate surface area is 206 Å². The van der Waals surface area contributed by atoms with Gasteiger partial charge in [-0.25, -0.2) is 4.39 Å². The number of halogens is 1. The van der Waals surface area contributed by atoms with Crippen LogP contribution >= 0.6 is 11.8 Å². The largest absolute Gasteiger partial charge is 0.365 e. The maximum absolute atomic E-state index is 13.8. The first-order chi connectivity index (χ1) is 16.3. The summed E-state index contributed by atoms with van der Waals surface area (Å²) in [6.45, 7) is 6.69. The second kappa shape index (κ2) is 8.46. The van der Waals surface area contributed by atoms with Crippen molar-refractivity contribution >= 4 is 17.3 Å². The molecule has 0 bridgehead atoms.